The van der Waals surface area contributed by atoms with E-state index in [-0.39, 0.29) is 6.04 Å². The molecule has 2 aromatic heterocycles. The minimum absolute atomic E-state index is 0.270. The van der Waals surface area contributed by atoms with E-state index < -0.39 is 35.8 Å². The van der Waals surface area contributed by atoms with Crippen LogP contribution in [0.1, 0.15) is 43.7 Å². The third kappa shape index (κ3) is 18.4. The largest absolute Gasteiger partial charge is 0.478 e. The summed E-state index contributed by atoms with van der Waals surface area (Å²) in [5.74, 6) is -6.00. The molecule has 0 amide bonds. The third-order valence-electron chi connectivity index (χ3n) is 10.0. The molecule has 362 valence electrons. The van der Waals surface area contributed by atoms with Crippen LogP contribution < -0.4 is 15.8 Å². The number of hydrogen-bond acceptors (Lipinski definition) is 16. The molecule has 1 saturated carbocycles. The van der Waals surface area contributed by atoms with E-state index in [4.69, 9.17) is 50.9 Å². The van der Waals surface area contributed by atoms with E-state index in [9.17, 15) is 34.0 Å². The van der Waals surface area contributed by atoms with Crippen LogP contribution in [0, 0.1) is 11.3 Å². The van der Waals surface area contributed by atoms with Crippen molar-refractivity contribution in [1.29, 1.82) is 5.26 Å². The normalized spacial score (nSPS) is 16.0. The number of fused-ring (bicyclic) bond motifs is 1. The number of nitrogen functional groups attached to an aromatic ring is 1. The number of carbonyl (C=O) groups is 6. The summed E-state index contributed by atoms with van der Waals surface area (Å²) >= 11 is 0. The number of carboxylic acids is 6. The molecule has 3 heterocycles. The molecule has 2 aromatic carbocycles. The molecule has 23 heteroatoms. The van der Waals surface area contributed by atoms with Crippen LogP contribution in [0.4, 0.5) is 11.5 Å². The highest BCUT2D eigenvalue weighted by molar-refractivity contribution is 5.98. The Bertz CT molecular complexity index is 2350. The molecule has 0 spiro atoms. The maximum Gasteiger partial charge on any atom is 0.328 e. The molecule has 2 aliphatic rings. The van der Waals surface area contributed by atoms with Crippen molar-refractivity contribution in [2.24, 2.45) is 0 Å². The zero-order valence-corrected chi connectivity index (χ0v) is 37.2. The van der Waals surface area contributed by atoms with Gasteiger partial charge in [0, 0.05) is 94.5 Å². The highest BCUT2D eigenvalue weighted by Crippen LogP contribution is 2.38. The van der Waals surface area contributed by atoms with Gasteiger partial charge in [-0.15, -0.1) is 0 Å². The van der Waals surface area contributed by atoms with Crippen LogP contribution in [-0.4, -0.2) is 156 Å². The minimum Gasteiger partial charge on any atom is -0.478 e. The summed E-state index contributed by atoms with van der Waals surface area (Å²) in [5, 5.41) is 65.9. The first-order valence-electron chi connectivity index (χ1n) is 20.8. The Morgan fingerprint density at radius 3 is 1.76 bits per heavy atom. The van der Waals surface area contributed by atoms with E-state index in [0.717, 1.165) is 86.3 Å². The Hall–Kier alpha value is -8.20. The number of aromatic nitrogens is 4. The van der Waals surface area contributed by atoms with Crippen LogP contribution in [-0.2, 0) is 33.5 Å². The van der Waals surface area contributed by atoms with Crippen molar-refractivity contribution in [3.63, 3.8) is 0 Å². The predicted molar refractivity (Wildman–Crippen MR) is 245 cm³/mol. The summed E-state index contributed by atoms with van der Waals surface area (Å²) in [6.45, 7) is 5.95. The molecule has 1 aliphatic carbocycles. The summed E-state index contributed by atoms with van der Waals surface area (Å²) < 4.78 is 13.4. The second-order valence-electron chi connectivity index (χ2n) is 14.8. The summed E-state index contributed by atoms with van der Waals surface area (Å²) in [4.78, 5) is 71.3. The van der Waals surface area contributed by atoms with Crippen molar-refractivity contribution in [2.45, 2.75) is 44.2 Å². The number of aliphatic carboxylic acids is 6. The van der Waals surface area contributed by atoms with Gasteiger partial charge in [-0.1, -0.05) is 6.07 Å². The lowest BCUT2D eigenvalue weighted by Gasteiger charge is -2.41. The lowest BCUT2D eigenvalue weighted by Crippen LogP contribution is -2.49. The fourth-order valence-electron chi connectivity index (χ4n) is 6.86. The molecular formula is C45H53N9O14. The zero-order valence-electron chi connectivity index (χ0n) is 37.2. The Morgan fingerprint density at radius 2 is 1.28 bits per heavy atom. The van der Waals surface area contributed by atoms with Gasteiger partial charge in [0.15, 0.2) is 5.65 Å². The van der Waals surface area contributed by atoms with Crippen molar-refractivity contribution in [2.75, 3.05) is 64.5 Å². The second kappa shape index (κ2) is 28.0. The van der Waals surface area contributed by atoms with Gasteiger partial charge in [0.2, 0.25) is 0 Å². The summed E-state index contributed by atoms with van der Waals surface area (Å²) in [7, 11) is 3.88. The number of carboxylic acid groups (broad SMARTS) is 6. The molecule has 2 fully saturated rings. The monoisotopic (exact) mass is 943 g/mol. The van der Waals surface area contributed by atoms with Gasteiger partial charge in [-0.25, -0.2) is 43.4 Å². The summed E-state index contributed by atoms with van der Waals surface area (Å²) in [6, 6.07) is 16.5. The van der Waals surface area contributed by atoms with E-state index in [1.165, 1.54) is 6.33 Å². The van der Waals surface area contributed by atoms with E-state index in [1.807, 2.05) is 36.4 Å². The van der Waals surface area contributed by atoms with Gasteiger partial charge < -0.3 is 56.1 Å². The number of methoxy groups -OCH3 is 1. The van der Waals surface area contributed by atoms with Crippen LogP contribution in [0.25, 0.3) is 22.3 Å². The van der Waals surface area contributed by atoms with E-state index in [2.05, 4.69) is 42.9 Å². The SMILES string of the molecule is COCCCNc1cccc(Oc2ccc(-c3nn(C4CCC(N5CCN(C)CC5)CC4)c4ncnc(N)c34)cc2)c1C#N.O=C(O)/C=C\C(=O)O.O=C(O)/C=C\C(=O)O.O=C(O)/C=C\C(=O)O. The Morgan fingerprint density at radius 1 is 0.765 bits per heavy atom. The quantitative estimate of drug-likeness (QED) is 0.0580. The molecule has 4 aromatic rings. The molecule has 0 unspecified atom stereocenters. The van der Waals surface area contributed by atoms with Gasteiger partial charge in [0.25, 0.3) is 0 Å². The topological polar surface area (TPSA) is 354 Å². The number of piperazine rings is 1. The number of nitrogens with zero attached hydrogens (tertiary/aromatic N) is 7. The maximum atomic E-state index is 9.87. The first-order chi connectivity index (χ1) is 32.4. The highest BCUT2D eigenvalue weighted by Gasteiger charge is 2.30. The number of nitriles is 1. The zero-order chi connectivity index (χ0) is 50.2. The van der Waals surface area contributed by atoms with Gasteiger partial charge in [-0.05, 0) is 75.5 Å². The van der Waals surface area contributed by atoms with Crippen molar-refractivity contribution in [1.82, 2.24) is 29.5 Å². The maximum absolute atomic E-state index is 9.87. The van der Waals surface area contributed by atoms with Gasteiger partial charge in [-0.3, -0.25) is 4.90 Å². The van der Waals surface area contributed by atoms with E-state index >= 15 is 0 Å². The van der Waals surface area contributed by atoms with Crippen LogP contribution in [0.3, 0.4) is 0 Å². The summed E-state index contributed by atoms with van der Waals surface area (Å²) in [6.07, 6.45) is 10.2. The number of hydrogen-bond donors (Lipinski definition) is 8. The predicted octanol–water partition coefficient (Wildman–Crippen LogP) is 4.05. The average molecular weight is 944 g/mol. The van der Waals surface area contributed by atoms with Crippen LogP contribution in [0.2, 0.25) is 0 Å². The van der Waals surface area contributed by atoms with E-state index in [0.29, 0.717) is 78.5 Å². The molecule has 23 nitrogen and oxygen atoms in total. The van der Waals surface area contributed by atoms with Crippen molar-refractivity contribution in [3.05, 3.63) is 90.8 Å². The molecule has 9 N–H and O–H groups in total. The smallest absolute Gasteiger partial charge is 0.328 e. The second-order valence-corrected chi connectivity index (χ2v) is 14.8. The van der Waals surface area contributed by atoms with Crippen molar-refractivity contribution in [3.8, 4) is 28.8 Å². The molecule has 0 radical (unpaired) electrons. The number of ether oxygens (including phenoxy) is 2. The first-order valence-corrected chi connectivity index (χ1v) is 20.8. The van der Waals surface area contributed by atoms with Crippen molar-refractivity contribution < 1.29 is 68.9 Å². The number of nitrogens with two attached hydrogens (primary N) is 1. The fourth-order valence-corrected chi connectivity index (χ4v) is 6.86. The minimum atomic E-state index is -1.26. The third-order valence-corrected chi connectivity index (χ3v) is 10.0. The lowest BCUT2D eigenvalue weighted by atomic mass is 9.90. The van der Waals surface area contributed by atoms with Gasteiger partial charge in [0.05, 0.1) is 17.1 Å². The number of likely N-dealkylation sites (N-methyl/N-ethyl adjacent to an activating group) is 1. The Kier molecular flexibility index (Phi) is 22.3. The van der Waals surface area contributed by atoms with Crippen molar-refractivity contribution >= 4 is 58.4 Å². The molecule has 1 aliphatic heterocycles. The number of nitrogens with one attached hydrogen (secondary N) is 1. The van der Waals surface area contributed by atoms with Gasteiger partial charge in [-0.2, -0.15) is 10.4 Å². The fraction of sp³-hybridized carbons (Fsp3) is 0.333. The average Bonchev–Trinajstić information content (AvgIpc) is 3.70. The van der Waals surface area contributed by atoms with Crippen LogP contribution >= 0.6 is 0 Å². The lowest BCUT2D eigenvalue weighted by molar-refractivity contribution is -0.134. The molecule has 6 rings (SSSR count). The Balaban J connectivity index is 0.000000419. The number of rotatable bonds is 16. The van der Waals surface area contributed by atoms with E-state index in [1.54, 1.807) is 13.2 Å². The Labute approximate surface area is 389 Å². The molecule has 0 atom stereocenters. The van der Waals surface area contributed by atoms with Gasteiger partial charge in [0.1, 0.15) is 41.0 Å². The number of anilines is 2. The number of benzene rings is 2. The van der Waals surface area contributed by atoms with Gasteiger partial charge >= 0.3 is 35.8 Å². The highest BCUT2D eigenvalue weighted by atomic mass is 16.5. The standard InChI is InChI=1S/C33H41N9O2.3C4H4O4/c1-40-16-18-41(19-17-40)24-9-11-25(12-10-24)42-33-30(32(35)37-22-38-33)31(39-42)23-7-13-26(14-8-23)44-29-6-3-5-28(27(29)21-34)36-15-4-20-43-2;3*5-3(6)1-2-4(7)8/h3,5-8,13-14,22,24-25,36H,4,9-12,15-20H2,1-2H3,(H2,35,37,38);3*1-2H,(H,5,6)(H,7,8)/b;3*2-1-. The molecule has 68 heavy (non-hydrogen) atoms. The molecule has 1 saturated heterocycles. The van der Waals surface area contributed by atoms with Crippen LogP contribution in [0.5, 0.6) is 11.5 Å². The summed E-state index contributed by atoms with van der Waals surface area (Å²) in [5.41, 5.74) is 10.1. The molecular weight excluding hydrogens is 891 g/mol. The molecule has 0 bridgehead atoms. The van der Waals surface area contributed by atoms with Crippen LogP contribution in [0.15, 0.2) is 85.2 Å². The first kappa shape index (κ1) is 54.1.